The summed E-state index contributed by atoms with van der Waals surface area (Å²) in [5.41, 5.74) is 5.14. The van der Waals surface area contributed by atoms with Gasteiger partial charge in [0, 0.05) is 5.02 Å². The summed E-state index contributed by atoms with van der Waals surface area (Å²) in [6.07, 6.45) is 2.10. The average molecular weight is 475 g/mol. The van der Waals surface area contributed by atoms with Crippen molar-refractivity contribution in [1.82, 2.24) is 5.32 Å². The van der Waals surface area contributed by atoms with Crippen molar-refractivity contribution in [3.63, 3.8) is 0 Å². The zero-order valence-corrected chi connectivity index (χ0v) is 19.8. The third-order valence-corrected chi connectivity index (χ3v) is 5.76. The smallest absolute Gasteiger partial charge is 0.335 e. The first-order valence-electron chi connectivity index (χ1n) is 10.7. The number of nitrogens with zero attached hydrogens (tertiary/aromatic N) is 1. The van der Waals surface area contributed by atoms with E-state index in [1.807, 2.05) is 19.9 Å². The Morgan fingerprint density at radius 3 is 2.26 bits per heavy atom. The highest BCUT2D eigenvalue weighted by molar-refractivity contribution is 6.39. The third-order valence-electron chi connectivity index (χ3n) is 5.51. The highest BCUT2D eigenvalue weighted by atomic mass is 35.5. The van der Waals surface area contributed by atoms with E-state index in [2.05, 4.69) is 23.5 Å². The Hall–Kier alpha value is -3.90. The lowest BCUT2D eigenvalue weighted by Gasteiger charge is -2.26. The highest BCUT2D eigenvalue weighted by Crippen LogP contribution is 2.27. The summed E-state index contributed by atoms with van der Waals surface area (Å²) in [4.78, 5) is 39.3. The lowest BCUT2D eigenvalue weighted by molar-refractivity contribution is -0.122. The molecule has 0 aromatic heterocycles. The number of hydrogen-bond acceptors (Lipinski definition) is 4. The van der Waals surface area contributed by atoms with Gasteiger partial charge < -0.3 is 4.74 Å². The van der Waals surface area contributed by atoms with Gasteiger partial charge in [-0.1, -0.05) is 47.0 Å². The average Bonchev–Trinajstić information content (AvgIpc) is 2.78. The van der Waals surface area contributed by atoms with Gasteiger partial charge in [0.05, 0.1) is 12.8 Å². The van der Waals surface area contributed by atoms with Crippen LogP contribution in [0.5, 0.6) is 5.75 Å². The Morgan fingerprint density at radius 2 is 1.62 bits per heavy atom. The van der Waals surface area contributed by atoms with Crippen molar-refractivity contribution in [2.24, 2.45) is 0 Å². The Bertz CT molecular complexity index is 1310. The number of imide groups is 2. The number of amides is 4. The van der Waals surface area contributed by atoms with Gasteiger partial charge in [-0.2, -0.15) is 0 Å². The lowest BCUT2D eigenvalue weighted by atomic mass is 9.95. The van der Waals surface area contributed by atoms with Crippen molar-refractivity contribution in [2.75, 3.05) is 12.0 Å². The number of halogens is 1. The van der Waals surface area contributed by atoms with E-state index in [1.165, 1.54) is 6.08 Å². The number of methoxy groups -OCH3 is 1. The summed E-state index contributed by atoms with van der Waals surface area (Å²) in [5, 5.41) is 2.72. The molecule has 1 N–H and O–H groups in total. The van der Waals surface area contributed by atoms with E-state index in [0.717, 1.165) is 27.2 Å². The third kappa shape index (κ3) is 4.87. The molecule has 0 spiro atoms. The Kier molecular flexibility index (Phi) is 6.52. The first kappa shape index (κ1) is 23.3. The van der Waals surface area contributed by atoms with Crippen molar-refractivity contribution >= 4 is 41.2 Å². The highest BCUT2D eigenvalue weighted by Gasteiger charge is 2.36. The summed E-state index contributed by atoms with van der Waals surface area (Å²) >= 11 is 5.93. The van der Waals surface area contributed by atoms with Crippen molar-refractivity contribution in [1.29, 1.82) is 0 Å². The van der Waals surface area contributed by atoms with Crippen molar-refractivity contribution < 1.29 is 19.1 Å². The van der Waals surface area contributed by atoms with E-state index in [1.54, 1.807) is 43.5 Å². The molecule has 1 heterocycles. The molecule has 34 heavy (non-hydrogen) atoms. The molecule has 0 atom stereocenters. The summed E-state index contributed by atoms with van der Waals surface area (Å²) < 4.78 is 5.40. The maximum Gasteiger partial charge on any atom is 0.335 e. The molecule has 1 fully saturated rings. The standard InChI is InChI=1S/C27H23ClN2O4/c1-16-10-17(2)12-18(11-16)13-20-14-23(34-3)9-4-19(20)15-24-25(31)29-27(33)30(26(24)32)22-7-5-21(28)6-8-22/h4-12,14-15H,13H2,1-3H3,(H,29,31,33)/b24-15+. The number of rotatable bonds is 5. The van der Waals surface area contributed by atoms with E-state index in [4.69, 9.17) is 16.3 Å². The fourth-order valence-corrected chi connectivity index (χ4v) is 4.16. The number of aryl methyl sites for hydroxylation is 2. The van der Waals surface area contributed by atoms with E-state index < -0.39 is 17.8 Å². The maximum absolute atomic E-state index is 13.2. The zero-order valence-electron chi connectivity index (χ0n) is 19.0. The van der Waals surface area contributed by atoms with Crippen LogP contribution in [0.3, 0.4) is 0 Å². The Morgan fingerprint density at radius 1 is 0.941 bits per heavy atom. The molecule has 0 radical (unpaired) electrons. The molecule has 1 aliphatic heterocycles. The topological polar surface area (TPSA) is 75.7 Å². The monoisotopic (exact) mass is 474 g/mol. The number of nitrogens with one attached hydrogen (secondary N) is 1. The van der Waals surface area contributed by atoms with Gasteiger partial charge >= 0.3 is 6.03 Å². The van der Waals surface area contributed by atoms with Gasteiger partial charge in [0.1, 0.15) is 11.3 Å². The number of anilines is 1. The van der Waals surface area contributed by atoms with Gasteiger partial charge in [0.25, 0.3) is 11.8 Å². The number of benzene rings is 3. The van der Waals surface area contributed by atoms with Crippen LogP contribution >= 0.6 is 11.6 Å². The summed E-state index contributed by atoms with van der Waals surface area (Å²) in [6.45, 7) is 4.08. The van der Waals surface area contributed by atoms with Crippen molar-refractivity contribution in [3.05, 3.63) is 99.1 Å². The summed E-state index contributed by atoms with van der Waals surface area (Å²) in [6, 6.07) is 17.2. The number of ether oxygens (including phenoxy) is 1. The van der Waals surface area contributed by atoms with Gasteiger partial charge in [-0.05, 0) is 79.4 Å². The lowest BCUT2D eigenvalue weighted by Crippen LogP contribution is -2.54. The van der Waals surface area contributed by atoms with Crippen LogP contribution < -0.4 is 15.0 Å². The number of carbonyl (C=O) groups is 3. The fourth-order valence-electron chi connectivity index (χ4n) is 4.03. The van der Waals surface area contributed by atoms with Gasteiger partial charge in [-0.3, -0.25) is 14.9 Å². The predicted octanol–water partition coefficient (Wildman–Crippen LogP) is 5.22. The largest absolute Gasteiger partial charge is 0.497 e. The molecule has 6 nitrogen and oxygen atoms in total. The Balaban J connectivity index is 1.75. The molecule has 0 bridgehead atoms. The molecular weight excluding hydrogens is 452 g/mol. The number of carbonyl (C=O) groups excluding carboxylic acids is 3. The molecular formula is C27H23ClN2O4. The van der Waals surface area contributed by atoms with Crippen LogP contribution in [-0.4, -0.2) is 25.0 Å². The van der Waals surface area contributed by atoms with Crippen molar-refractivity contribution in [3.8, 4) is 5.75 Å². The van der Waals surface area contributed by atoms with E-state index >= 15 is 0 Å². The van der Waals surface area contributed by atoms with Gasteiger partial charge in [-0.25, -0.2) is 9.69 Å². The molecule has 172 valence electrons. The van der Waals surface area contributed by atoms with E-state index in [-0.39, 0.29) is 5.57 Å². The number of hydrogen-bond donors (Lipinski definition) is 1. The first-order chi connectivity index (χ1) is 16.2. The molecule has 4 rings (SSSR count). The van der Waals surface area contributed by atoms with Gasteiger partial charge in [-0.15, -0.1) is 0 Å². The number of barbiturate groups is 1. The normalized spacial score (nSPS) is 15.0. The molecule has 7 heteroatoms. The molecule has 0 aliphatic carbocycles. The fraction of sp³-hybridized carbons (Fsp3) is 0.148. The van der Waals surface area contributed by atoms with Crippen LogP contribution in [0.1, 0.15) is 27.8 Å². The van der Waals surface area contributed by atoms with Gasteiger partial charge in [0.15, 0.2) is 0 Å². The second kappa shape index (κ2) is 9.53. The second-order valence-electron chi connectivity index (χ2n) is 8.17. The quantitative estimate of drug-likeness (QED) is 0.406. The minimum Gasteiger partial charge on any atom is -0.497 e. The number of urea groups is 1. The van der Waals surface area contributed by atoms with Gasteiger partial charge in [0.2, 0.25) is 0 Å². The second-order valence-corrected chi connectivity index (χ2v) is 8.61. The van der Waals surface area contributed by atoms with Crippen LogP contribution in [0.4, 0.5) is 10.5 Å². The molecule has 3 aromatic rings. The maximum atomic E-state index is 13.2. The van der Waals surface area contributed by atoms with Crippen LogP contribution in [-0.2, 0) is 16.0 Å². The molecule has 0 unspecified atom stereocenters. The van der Waals surface area contributed by atoms with E-state index in [0.29, 0.717) is 28.4 Å². The summed E-state index contributed by atoms with van der Waals surface area (Å²) in [7, 11) is 1.59. The summed E-state index contributed by atoms with van der Waals surface area (Å²) in [5.74, 6) is -0.781. The van der Waals surface area contributed by atoms with Crippen LogP contribution in [0.2, 0.25) is 5.02 Å². The Labute approximate surface area is 202 Å². The first-order valence-corrected chi connectivity index (χ1v) is 11.0. The van der Waals surface area contributed by atoms with E-state index in [9.17, 15) is 14.4 Å². The SMILES string of the molecule is COc1ccc(/C=C2\C(=O)NC(=O)N(c3ccc(Cl)cc3)C2=O)c(Cc2cc(C)cc(C)c2)c1. The predicted molar refractivity (Wildman–Crippen MR) is 132 cm³/mol. The molecule has 1 saturated heterocycles. The van der Waals surface area contributed by atoms with Crippen LogP contribution in [0, 0.1) is 13.8 Å². The van der Waals surface area contributed by atoms with Crippen LogP contribution in [0.25, 0.3) is 6.08 Å². The van der Waals surface area contributed by atoms with Crippen molar-refractivity contribution in [2.45, 2.75) is 20.3 Å². The molecule has 4 amide bonds. The minimum absolute atomic E-state index is 0.138. The minimum atomic E-state index is -0.806. The molecule has 3 aromatic carbocycles. The molecule has 1 aliphatic rings. The zero-order chi connectivity index (χ0) is 24.4. The molecule has 0 saturated carbocycles. The van der Waals surface area contributed by atoms with Crippen LogP contribution in [0.15, 0.2) is 66.2 Å².